The minimum Gasteiger partial charge on any atom is -0.507 e. The number of ketones is 2. The van der Waals surface area contributed by atoms with Crippen molar-refractivity contribution < 1.29 is 39.9 Å². The van der Waals surface area contributed by atoms with Gasteiger partial charge < -0.3 is 37.0 Å². The van der Waals surface area contributed by atoms with Crippen molar-refractivity contribution in [3.05, 3.63) is 41.5 Å². The van der Waals surface area contributed by atoms with Crippen LogP contribution in [-0.4, -0.2) is 66.4 Å². The number of nitrogens with two attached hydrogens (primary N) is 2. The molecule has 164 valence electrons. The van der Waals surface area contributed by atoms with Gasteiger partial charge >= 0.3 is 0 Å². The Kier molecular flexibility index (Phi) is 4.26. The Balaban J connectivity index is 2.03. The summed E-state index contributed by atoms with van der Waals surface area (Å²) >= 11 is 0. The maximum atomic E-state index is 13.5. The molecule has 1 amide bonds. The van der Waals surface area contributed by atoms with E-state index in [0.717, 1.165) is 0 Å². The van der Waals surface area contributed by atoms with E-state index < -0.39 is 69.9 Å². The lowest BCUT2D eigenvalue weighted by Gasteiger charge is -2.57. The minimum atomic E-state index is -3.05. The largest absolute Gasteiger partial charge is 0.507 e. The number of aliphatic hydroxyl groups is 4. The molecule has 7 atom stereocenters. The van der Waals surface area contributed by atoms with Crippen LogP contribution >= 0.6 is 0 Å². The van der Waals surface area contributed by atoms with E-state index in [9.17, 15) is 39.9 Å². The molecule has 1 aromatic rings. The lowest BCUT2D eigenvalue weighted by molar-refractivity contribution is -0.198. The molecule has 0 aromatic heterocycles. The van der Waals surface area contributed by atoms with Crippen LogP contribution in [0.3, 0.4) is 0 Å². The van der Waals surface area contributed by atoms with Gasteiger partial charge in [0.25, 0.3) is 0 Å². The molecule has 2 saturated carbocycles. The molecular formula is C21H22N2O8. The van der Waals surface area contributed by atoms with Crippen molar-refractivity contribution in [2.75, 3.05) is 0 Å². The van der Waals surface area contributed by atoms with Crippen LogP contribution in [0.4, 0.5) is 0 Å². The zero-order valence-electron chi connectivity index (χ0n) is 16.4. The number of benzene rings is 1. The molecule has 3 aliphatic rings. The van der Waals surface area contributed by atoms with Crippen molar-refractivity contribution in [1.29, 1.82) is 0 Å². The second-order valence-electron chi connectivity index (χ2n) is 8.58. The lowest BCUT2D eigenvalue weighted by Crippen LogP contribution is -2.80. The number of primary amides is 1. The Labute approximate surface area is 176 Å². The van der Waals surface area contributed by atoms with Crippen molar-refractivity contribution in [3.8, 4) is 5.75 Å². The number of phenolic OH excluding ortho intramolecular Hbond substituents is 1. The average Bonchev–Trinajstić information content (AvgIpc) is 2.67. The van der Waals surface area contributed by atoms with Crippen LogP contribution < -0.4 is 11.5 Å². The van der Waals surface area contributed by atoms with E-state index in [1.54, 1.807) is 0 Å². The molecule has 0 saturated heterocycles. The highest BCUT2D eigenvalue weighted by Gasteiger charge is 2.73. The number of aliphatic hydroxyl groups excluding tert-OH is 3. The zero-order valence-corrected chi connectivity index (χ0v) is 16.4. The Bertz CT molecular complexity index is 1110. The summed E-state index contributed by atoms with van der Waals surface area (Å²) in [5, 5.41) is 54.2. The van der Waals surface area contributed by atoms with Gasteiger partial charge in [0.15, 0.2) is 11.4 Å². The maximum absolute atomic E-state index is 13.5. The van der Waals surface area contributed by atoms with Crippen molar-refractivity contribution >= 4 is 28.8 Å². The first-order valence-electron chi connectivity index (χ1n) is 9.50. The Morgan fingerprint density at radius 3 is 2.39 bits per heavy atom. The Morgan fingerprint density at radius 2 is 1.81 bits per heavy atom. The monoisotopic (exact) mass is 430 g/mol. The Hall–Kier alpha value is -3.05. The van der Waals surface area contributed by atoms with Crippen molar-refractivity contribution in [2.24, 2.45) is 29.2 Å². The molecule has 4 rings (SSSR count). The van der Waals surface area contributed by atoms with Crippen molar-refractivity contribution in [1.82, 2.24) is 0 Å². The Morgan fingerprint density at radius 1 is 1.19 bits per heavy atom. The van der Waals surface area contributed by atoms with Crippen LogP contribution in [0.5, 0.6) is 5.75 Å². The first kappa shape index (κ1) is 21.2. The molecule has 0 bridgehead atoms. The second-order valence-corrected chi connectivity index (χ2v) is 8.58. The number of hydrogen-bond acceptors (Lipinski definition) is 9. The molecule has 31 heavy (non-hydrogen) atoms. The van der Waals surface area contributed by atoms with E-state index in [1.807, 2.05) is 0 Å². The number of aromatic hydroxyl groups is 1. The van der Waals surface area contributed by atoms with Crippen LogP contribution in [0.25, 0.3) is 11.3 Å². The van der Waals surface area contributed by atoms with E-state index in [4.69, 9.17) is 11.5 Å². The highest BCUT2D eigenvalue weighted by molar-refractivity contribution is 6.26. The minimum absolute atomic E-state index is 0.136. The van der Waals surface area contributed by atoms with Crippen molar-refractivity contribution in [2.45, 2.75) is 30.3 Å². The molecule has 0 heterocycles. The summed E-state index contributed by atoms with van der Waals surface area (Å²) in [7, 11) is 0. The number of Topliss-reactive ketones (excluding diaryl/α,β-unsaturated/α-hetero) is 2. The summed E-state index contributed by atoms with van der Waals surface area (Å²) in [6.45, 7) is 5.06. The molecule has 0 aliphatic heterocycles. The molecule has 2 fully saturated rings. The van der Waals surface area contributed by atoms with Gasteiger partial charge in [-0.3, -0.25) is 14.4 Å². The molecular weight excluding hydrogens is 408 g/mol. The summed E-state index contributed by atoms with van der Waals surface area (Å²) < 4.78 is 0. The fourth-order valence-electron chi connectivity index (χ4n) is 5.38. The first-order chi connectivity index (χ1) is 14.3. The van der Waals surface area contributed by atoms with Gasteiger partial charge in [0.2, 0.25) is 11.7 Å². The molecule has 0 spiro atoms. The predicted molar refractivity (Wildman–Crippen MR) is 106 cm³/mol. The zero-order chi connectivity index (χ0) is 23.2. The number of rotatable bonds is 1. The predicted octanol–water partition coefficient (Wildman–Crippen LogP) is -1.64. The lowest BCUT2D eigenvalue weighted by atomic mass is 9.49. The smallest absolute Gasteiger partial charge is 0.230 e. The molecule has 1 aromatic carbocycles. The van der Waals surface area contributed by atoms with Gasteiger partial charge in [-0.15, -0.1) is 0 Å². The number of phenols is 1. The topological polar surface area (TPSA) is 204 Å². The van der Waals surface area contributed by atoms with Gasteiger partial charge in [-0.05, 0) is 24.1 Å². The highest BCUT2D eigenvalue weighted by Crippen LogP contribution is 2.56. The molecule has 10 heteroatoms. The van der Waals surface area contributed by atoms with Gasteiger partial charge in [-0.1, -0.05) is 18.7 Å². The van der Waals surface area contributed by atoms with Gasteiger partial charge in [-0.2, -0.15) is 0 Å². The van der Waals surface area contributed by atoms with Crippen LogP contribution in [0.1, 0.15) is 18.1 Å². The molecule has 10 nitrogen and oxygen atoms in total. The molecule has 0 radical (unpaired) electrons. The summed E-state index contributed by atoms with van der Waals surface area (Å²) in [5.74, 6) is -10.2. The molecule has 3 aliphatic carbocycles. The third-order valence-electron chi connectivity index (χ3n) is 6.88. The standard InChI is InChI=1S/C21H22N2O8/c1-6-7-4-3-5-8(24)10(7)13(25)11-9(6)14(26)15-20(2,23)16(27)12(19(22)30)18(29)21(15,31)17(11)28/h3-5,9,12,14-16,24-27,31H,1,23H2,2H3,(H2,22,30)/t9?,12?,14?,15?,16?,20-,21?/m0/s1. The van der Waals surface area contributed by atoms with E-state index in [2.05, 4.69) is 6.58 Å². The maximum Gasteiger partial charge on any atom is 0.230 e. The number of fused-ring (bicyclic) bond motifs is 3. The van der Waals surface area contributed by atoms with Gasteiger partial charge in [0.05, 0.1) is 23.3 Å². The number of hydrogen-bond donors (Lipinski definition) is 7. The van der Waals surface area contributed by atoms with Crippen LogP contribution in [-0.2, 0) is 14.4 Å². The van der Waals surface area contributed by atoms with E-state index in [-0.39, 0.29) is 22.4 Å². The fourth-order valence-corrected chi connectivity index (χ4v) is 5.38. The number of amides is 1. The summed E-state index contributed by atoms with van der Waals surface area (Å²) in [6, 6.07) is 4.24. The van der Waals surface area contributed by atoms with Crippen LogP contribution in [0.15, 0.2) is 30.4 Å². The van der Waals surface area contributed by atoms with E-state index >= 15 is 0 Å². The third kappa shape index (κ3) is 2.32. The van der Waals surface area contributed by atoms with Gasteiger partial charge in [0, 0.05) is 17.4 Å². The second kappa shape index (κ2) is 6.24. The highest BCUT2D eigenvalue weighted by atomic mass is 16.3. The normalized spacial score (nSPS) is 39.6. The average molecular weight is 430 g/mol. The summed E-state index contributed by atoms with van der Waals surface area (Å²) in [5.41, 5.74) is 6.06. The van der Waals surface area contributed by atoms with E-state index in [0.29, 0.717) is 0 Å². The van der Waals surface area contributed by atoms with E-state index in [1.165, 1.54) is 25.1 Å². The van der Waals surface area contributed by atoms with Gasteiger partial charge in [0.1, 0.15) is 17.4 Å². The molecule has 6 unspecified atom stereocenters. The summed E-state index contributed by atoms with van der Waals surface area (Å²) in [6.07, 6.45) is -3.65. The number of carbonyl (C=O) groups is 3. The van der Waals surface area contributed by atoms with Crippen LogP contribution in [0.2, 0.25) is 0 Å². The summed E-state index contributed by atoms with van der Waals surface area (Å²) in [4.78, 5) is 38.4. The SMILES string of the molecule is C=C1c2cccc(O)c2C(O)=C2C(=O)C3(O)C(=O)C(C(N)=O)C(O)[C@@](C)(N)C3C(O)C12. The first-order valence-corrected chi connectivity index (χ1v) is 9.50. The third-order valence-corrected chi connectivity index (χ3v) is 6.88. The number of carbonyl (C=O) groups excluding carboxylic acids is 3. The quantitative estimate of drug-likeness (QED) is 0.255. The molecule has 9 N–H and O–H groups in total. The fraction of sp³-hybridized carbons (Fsp3) is 0.381. The van der Waals surface area contributed by atoms with Crippen molar-refractivity contribution in [3.63, 3.8) is 0 Å². The van der Waals surface area contributed by atoms with Gasteiger partial charge in [-0.25, -0.2) is 0 Å². The van der Waals surface area contributed by atoms with Crippen LogP contribution in [0, 0.1) is 17.8 Å².